The summed E-state index contributed by atoms with van der Waals surface area (Å²) in [5.74, 6) is 0.00265. The minimum atomic E-state index is -0.960. The van der Waals surface area contributed by atoms with Gasteiger partial charge in [-0.1, -0.05) is 30.3 Å². The van der Waals surface area contributed by atoms with E-state index >= 15 is 0 Å². The summed E-state index contributed by atoms with van der Waals surface area (Å²) in [6, 6.07) is 13.5. The third-order valence-electron chi connectivity index (χ3n) is 6.23. The molecule has 6 heteroatoms. The van der Waals surface area contributed by atoms with Crippen molar-refractivity contribution in [1.82, 2.24) is 9.88 Å². The summed E-state index contributed by atoms with van der Waals surface area (Å²) in [6.07, 6.45) is 4.30. The predicted molar refractivity (Wildman–Crippen MR) is 107 cm³/mol. The van der Waals surface area contributed by atoms with Crippen molar-refractivity contribution in [2.75, 3.05) is 31.6 Å². The van der Waals surface area contributed by atoms with Crippen LogP contribution in [-0.2, 0) is 4.79 Å². The third kappa shape index (κ3) is 3.46. The molecular weight excluding hydrogens is 354 g/mol. The molecule has 2 saturated heterocycles. The second-order valence-electron chi connectivity index (χ2n) is 8.06. The Balaban J connectivity index is 1.48. The highest BCUT2D eigenvalue weighted by Crippen LogP contribution is 2.45. The molecule has 2 aromatic rings. The average Bonchev–Trinajstić information content (AvgIpc) is 2.72. The van der Waals surface area contributed by atoms with E-state index in [0.29, 0.717) is 0 Å². The standard InChI is InChI=1S/C22H25N3O3/c1-24-15-22(13-18(20(24)26)16-5-3-2-4-6-16)9-11-25(12-10-22)19-8-7-17(14-23-19)21(27)28/h2-8,14,18H,9-13,15H2,1H3,(H,27,28)/t18-/m0/s1. The number of hydrogen-bond donors (Lipinski definition) is 1. The van der Waals surface area contributed by atoms with Crippen molar-refractivity contribution in [3.8, 4) is 0 Å². The van der Waals surface area contributed by atoms with Crippen molar-refractivity contribution in [1.29, 1.82) is 0 Å². The lowest BCUT2D eigenvalue weighted by molar-refractivity contribution is -0.138. The summed E-state index contributed by atoms with van der Waals surface area (Å²) in [4.78, 5) is 32.2. The van der Waals surface area contributed by atoms with Gasteiger partial charge in [-0.05, 0) is 42.4 Å². The number of carbonyl (C=O) groups is 2. The van der Waals surface area contributed by atoms with E-state index in [9.17, 15) is 9.59 Å². The van der Waals surface area contributed by atoms with Crippen LogP contribution in [0.4, 0.5) is 5.82 Å². The largest absolute Gasteiger partial charge is 0.478 e. The minimum absolute atomic E-state index is 0.0699. The molecule has 1 N–H and O–H groups in total. The highest BCUT2D eigenvalue weighted by Gasteiger charge is 2.45. The molecule has 0 saturated carbocycles. The molecule has 2 aliphatic heterocycles. The quantitative estimate of drug-likeness (QED) is 0.887. The first-order chi connectivity index (χ1) is 13.5. The molecule has 2 fully saturated rings. The lowest BCUT2D eigenvalue weighted by Crippen LogP contribution is -2.52. The Bertz CT molecular complexity index is 858. The minimum Gasteiger partial charge on any atom is -0.478 e. The topological polar surface area (TPSA) is 73.7 Å². The number of amides is 1. The Morgan fingerprint density at radius 3 is 2.46 bits per heavy atom. The summed E-state index contributed by atoms with van der Waals surface area (Å²) in [5.41, 5.74) is 1.43. The van der Waals surface area contributed by atoms with E-state index in [0.717, 1.165) is 50.3 Å². The van der Waals surface area contributed by atoms with Crippen molar-refractivity contribution in [2.24, 2.45) is 5.41 Å². The van der Waals surface area contributed by atoms with E-state index < -0.39 is 5.97 Å². The van der Waals surface area contributed by atoms with Crippen molar-refractivity contribution < 1.29 is 14.7 Å². The Kier molecular flexibility index (Phi) is 4.79. The molecule has 146 valence electrons. The lowest BCUT2D eigenvalue weighted by atomic mass is 9.68. The highest BCUT2D eigenvalue weighted by atomic mass is 16.4. The number of likely N-dealkylation sites (N-methyl/N-ethyl adjacent to an activating group) is 1. The van der Waals surface area contributed by atoms with Crippen LogP contribution in [0.15, 0.2) is 48.7 Å². The number of rotatable bonds is 3. The number of anilines is 1. The van der Waals surface area contributed by atoms with E-state index in [1.165, 1.54) is 6.20 Å². The number of piperidine rings is 2. The van der Waals surface area contributed by atoms with Crippen LogP contribution in [0, 0.1) is 5.41 Å². The van der Waals surface area contributed by atoms with Gasteiger partial charge in [0.1, 0.15) is 5.82 Å². The summed E-state index contributed by atoms with van der Waals surface area (Å²) < 4.78 is 0. The zero-order valence-electron chi connectivity index (χ0n) is 16.0. The molecule has 1 amide bonds. The van der Waals surface area contributed by atoms with E-state index in [1.54, 1.807) is 12.1 Å². The molecule has 28 heavy (non-hydrogen) atoms. The number of hydrogen-bond acceptors (Lipinski definition) is 4. The maximum Gasteiger partial charge on any atom is 0.337 e. The molecule has 3 heterocycles. The molecule has 0 unspecified atom stereocenters. The van der Waals surface area contributed by atoms with Gasteiger partial charge in [-0.3, -0.25) is 4.79 Å². The number of nitrogens with zero attached hydrogens (tertiary/aromatic N) is 3. The van der Waals surface area contributed by atoms with Gasteiger partial charge in [-0.2, -0.15) is 0 Å². The van der Waals surface area contributed by atoms with Crippen LogP contribution in [0.1, 0.15) is 41.1 Å². The van der Waals surface area contributed by atoms with Crippen LogP contribution in [0.2, 0.25) is 0 Å². The molecule has 1 atom stereocenters. The van der Waals surface area contributed by atoms with Gasteiger partial charge >= 0.3 is 5.97 Å². The Hall–Kier alpha value is -2.89. The molecule has 4 rings (SSSR count). The molecule has 1 spiro atoms. The Morgan fingerprint density at radius 1 is 1.14 bits per heavy atom. The fourth-order valence-corrected chi connectivity index (χ4v) is 4.65. The van der Waals surface area contributed by atoms with Gasteiger partial charge in [0.05, 0.1) is 11.5 Å². The maximum absolute atomic E-state index is 12.8. The second kappa shape index (κ2) is 7.26. The van der Waals surface area contributed by atoms with Crippen molar-refractivity contribution in [2.45, 2.75) is 25.2 Å². The van der Waals surface area contributed by atoms with E-state index in [-0.39, 0.29) is 22.8 Å². The number of benzene rings is 1. The SMILES string of the molecule is CN1CC2(CCN(c3ccc(C(=O)O)cn3)CC2)C[C@@H](c2ccccc2)C1=O. The Morgan fingerprint density at radius 2 is 1.86 bits per heavy atom. The van der Waals surface area contributed by atoms with Crippen molar-refractivity contribution >= 4 is 17.7 Å². The van der Waals surface area contributed by atoms with Crippen molar-refractivity contribution in [3.63, 3.8) is 0 Å². The van der Waals surface area contributed by atoms with Gasteiger partial charge in [0, 0.05) is 32.9 Å². The van der Waals surface area contributed by atoms with Crippen LogP contribution in [0.25, 0.3) is 0 Å². The van der Waals surface area contributed by atoms with Gasteiger partial charge in [-0.25, -0.2) is 9.78 Å². The molecule has 2 aliphatic rings. The number of pyridine rings is 1. The van der Waals surface area contributed by atoms with E-state index in [2.05, 4.69) is 22.0 Å². The molecule has 6 nitrogen and oxygen atoms in total. The number of carboxylic acids is 1. The van der Waals surface area contributed by atoms with E-state index in [1.807, 2.05) is 30.1 Å². The molecular formula is C22H25N3O3. The second-order valence-corrected chi connectivity index (χ2v) is 8.06. The van der Waals surface area contributed by atoms with Crippen LogP contribution in [-0.4, -0.2) is 53.5 Å². The maximum atomic E-state index is 12.8. The fraction of sp³-hybridized carbons (Fsp3) is 0.409. The van der Waals surface area contributed by atoms with Gasteiger partial charge in [0.2, 0.25) is 5.91 Å². The van der Waals surface area contributed by atoms with Crippen LogP contribution < -0.4 is 4.90 Å². The summed E-state index contributed by atoms with van der Waals surface area (Å²) in [5, 5.41) is 9.03. The zero-order valence-corrected chi connectivity index (χ0v) is 16.0. The summed E-state index contributed by atoms with van der Waals surface area (Å²) in [7, 11) is 1.91. The van der Waals surface area contributed by atoms with E-state index in [4.69, 9.17) is 5.11 Å². The van der Waals surface area contributed by atoms with Crippen LogP contribution in [0.5, 0.6) is 0 Å². The van der Waals surface area contributed by atoms with Gasteiger partial charge < -0.3 is 14.9 Å². The van der Waals surface area contributed by atoms with Crippen LogP contribution >= 0.6 is 0 Å². The molecule has 0 bridgehead atoms. The number of carbonyl (C=O) groups excluding carboxylic acids is 1. The normalized spacial score (nSPS) is 21.8. The first kappa shape index (κ1) is 18.5. The third-order valence-corrected chi connectivity index (χ3v) is 6.23. The predicted octanol–water partition coefficient (Wildman–Crippen LogP) is 3.01. The molecule has 0 radical (unpaired) electrons. The van der Waals surface area contributed by atoms with Crippen LogP contribution in [0.3, 0.4) is 0 Å². The van der Waals surface area contributed by atoms with Gasteiger partial charge in [0.25, 0.3) is 0 Å². The molecule has 1 aromatic carbocycles. The first-order valence-electron chi connectivity index (χ1n) is 9.72. The molecule has 0 aliphatic carbocycles. The number of aromatic carboxylic acids is 1. The summed E-state index contributed by atoms with van der Waals surface area (Å²) in [6.45, 7) is 2.53. The monoisotopic (exact) mass is 379 g/mol. The summed E-state index contributed by atoms with van der Waals surface area (Å²) >= 11 is 0. The van der Waals surface area contributed by atoms with Crippen molar-refractivity contribution in [3.05, 3.63) is 59.8 Å². The zero-order chi connectivity index (χ0) is 19.7. The number of likely N-dealkylation sites (tertiary alicyclic amines) is 1. The highest BCUT2D eigenvalue weighted by molar-refractivity contribution is 5.87. The van der Waals surface area contributed by atoms with Gasteiger partial charge in [-0.15, -0.1) is 0 Å². The lowest BCUT2D eigenvalue weighted by Gasteiger charge is -2.49. The molecule has 1 aromatic heterocycles. The number of carboxylic acid groups (broad SMARTS) is 1. The average molecular weight is 379 g/mol. The Labute approximate surface area is 164 Å². The number of aromatic nitrogens is 1. The smallest absolute Gasteiger partial charge is 0.337 e. The first-order valence-corrected chi connectivity index (χ1v) is 9.72. The fourth-order valence-electron chi connectivity index (χ4n) is 4.65. The van der Waals surface area contributed by atoms with Gasteiger partial charge in [0.15, 0.2) is 0 Å².